The van der Waals surface area contributed by atoms with E-state index < -0.39 is 29.3 Å². The Labute approximate surface area is 178 Å². The Morgan fingerprint density at radius 2 is 1.87 bits per heavy atom. The normalized spacial score (nSPS) is 25.2. The highest BCUT2D eigenvalue weighted by Crippen LogP contribution is 2.48. The highest BCUT2D eigenvalue weighted by atomic mass is 19.1. The predicted molar refractivity (Wildman–Crippen MR) is 112 cm³/mol. The van der Waals surface area contributed by atoms with Crippen LogP contribution >= 0.6 is 0 Å². The van der Waals surface area contributed by atoms with E-state index in [9.17, 15) is 18.8 Å². The molecule has 4 amide bonds. The largest absolute Gasteiger partial charge is 0.497 e. The quantitative estimate of drug-likeness (QED) is 0.752. The fraction of sp³-hybridized carbons (Fsp3) is 0.348. The summed E-state index contributed by atoms with van der Waals surface area (Å²) >= 11 is 0. The van der Waals surface area contributed by atoms with E-state index in [4.69, 9.17) is 4.74 Å². The lowest BCUT2D eigenvalue weighted by molar-refractivity contribution is -0.145. The summed E-state index contributed by atoms with van der Waals surface area (Å²) in [4.78, 5) is 42.8. The summed E-state index contributed by atoms with van der Waals surface area (Å²) in [5, 5.41) is 2.40. The number of ether oxygens (including phenoxy) is 1. The lowest BCUT2D eigenvalue weighted by atomic mass is 9.66. The topological polar surface area (TPSA) is 79.0 Å². The second-order valence-electron chi connectivity index (χ2n) is 8.20. The number of hydrogen-bond donors (Lipinski definition) is 1. The minimum Gasteiger partial charge on any atom is -0.497 e. The zero-order chi connectivity index (χ0) is 21.8. The Hall–Kier alpha value is -3.42. The number of methoxy groups -OCH3 is 1. The number of nitrogens with one attached hydrogen (secondary N) is 1. The fourth-order valence-corrected chi connectivity index (χ4v) is 5.22. The summed E-state index contributed by atoms with van der Waals surface area (Å²) in [5.74, 6) is -0.955. The molecule has 5 rings (SSSR count). The number of barbiturate groups is 1. The van der Waals surface area contributed by atoms with Gasteiger partial charge in [0.05, 0.1) is 24.5 Å². The first-order valence-electron chi connectivity index (χ1n) is 10.4. The molecule has 3 aliphatic rings. The molecule has 2 aromatic rings. The molecule has 160 valence electrons. The third kappa shape index (κ3) is 2.74. The summed E-state index contributed by atoms with van der Waals surface area (Å²) in [7, 11) is 1.53. The van der Waals surface area contributed by atoms with E-state index in [1.165, 1.54) is 13.2 Å². The van der Waals surface area contributed by atoms with Gasteiger partial charge in [0.25, 0.3) is 5.91 Å². The number of hydrogen-bond acceptors (Lipinski definition) is 5. The van der Waals surface area contributed by atoms with E-state index in [1.807, 2.05) is 4.90 Å². The molecule has 2 unspecified atom stereocenters. The third-order valence-electron chi connectivity index (χ3n) is 6.64. The van der Waals surface area contributed by atoms with E-state index in [0.29, 0.717) is 35.7 Å². The van der Waals surface area contributed by atoms with Crippen LogP contribution in [0.3, 0.4) is 0 Å². The van der Waals surface area contributed by atoms with Crippen LogP contribution in [0.25, 0.3) is 0 Å². The summed E-state index contributed by atoms with van der Waals surface area (Å²) in [6.07, 6.45) is 2.28. The number of para-hydroxylation sites is 1. The molecule has 3 aliphatic heterocycles. The second-order valence-corrected chi connectivity index (χ2v) is 8.20. The summed E-state index contributed by atoms with van der Waals surface area (Å²) in [6.45, 7) is 0.553. The monoisotopic (exact) mass is 423 g/mol. The van der Waals surface area contributed by atoms with Gasteiger partial charge in [-0.15, -0.1) is 0 Å². The number of nitrogens with zero attached hydrogens (tertiary/aromatic N) is 2. The minimum absolute atomic E-state index is 0.0475. The van der Waals surface area contributed by atoms with Gasteiger partial charge in [-0.25, -0.2) is 14.1 Å². The summed E-state index contributed by atoms with van der Waals surface area (Å²) in [6, 6.07) is 9.95. The van der Waals surface area contributed by atoms with Crippen molar-refractivity contribution in [1.29, 1.82) is 0 Å². The van der Waals surface area contributed by atoms with Crippen LogP contribution in [0.15, 0.2) is 42.5 Å². The number of halogens is 1. The zero-order valence-corrected chi connectivity index (χ0v) is 17.1. The number of anilines is 2. The van der Waals surface area contributed by atoms with Crippen LogP contribution in [0.1, 0.15) is 24.8 Å². The molecule has 7 nitrogen and oxygen atoms in total. The van der Waals surface area contributed by atoms with E-state index in [0.717, 1.165) is 17.7 Å². The fourth-order valence-electron chi connectivity index (χ4n) is 5.22. The van der Waals surface area contributed by atoms with Crippen molar-refractivity contribution in [3.05, 3.63) is 53.8 Å². The van der Waals surface area contributed by atoms with Gasteiger partial charge in [-0.05, 0) is 61.6 Å². The van der Waals surface area contributed by atoms with Crippen LogP contribution in [0.4, 0.5) is 20.6 Å². The Kier molecular flexibility index (Phi) is 4.46. The average Bonchev–Trinajstić information content (AvgIpc) is 2.78. The van der Waals surface area contributed by atoms with Crippen LogP contribution in [0, 0.1) is 11.2 Å². The second kappa shape index (κ2) is 7.08. The molecule has 0 bridgehead atoms. The Morgan fingerprint density at radius 1 is 1.10 bits per heavy atom. The highest BCUT2D eigenvalue weighted by molar-refractivity contribution is 6.30. The number of amides is 4. The van der Waals surface area contributed by atoms with Crippen molar-refractivity contribution in [3.63, 3.8) is 0 Å². The molecule has 8 heteroatoms. The molecule has 1 N–H and O–H groups in total. The Bertz CT molecular complexity index is 1090. The van der Waals surface area contributed by atoms with E-state index in [-0.39, 0.29) is 12.2 Å². The van der Waals surface area contributed by atoms with Crippen molar-refractivity contribution in [2.45, 2.75) is 31.7 Å². The SMILES string of the molecule is COc1ccc(N2C(=O)NC(=O)C3(Cc4cccc(F)c4N4CCCCC43)C2=O)cc1. The summed E-state index contributed by atoms with van der Waals surface area (Å²) < 4.78 is 19.9. The molecule has 2 aromatic carbocycles. The van der Waals surface area contributed by atoms with Gasteiger partial charge in [0.1, 0.15) is 11.6 Å². The van der Waals surface area contributed by atoms with Gasteiger partial charge in [0.2, 0.25) is 5.91 Å². The van der Waals surface area contributed by atoms with Gasteiger partial charge in [-0.3, -0.25) is 14.9 Å². The maximum atomic E-state index is 14.8. The van der Waals surface area contributed by atoms with Gasteiger partial charge in [0.15, 0.2) is 5.41 Å². The van der Waals surface area contributed by atoms with Crippen LogP contribution in [-0.2, 0) is 16.0 Å². The highest BCUT2D eigenvalue weighted by Gasteiger charge is 2.62. The molecular formula is C23H22FN3O4. The molecule has 2 saturated heterocycles. The van der Waals surface area contributed by atoms with Crippen molar-refractivity contribution in [2.75, 3.05) is 23.5 Å². The maximum Gasteiger partial charge on any atom is 0.335 e. The lowest BCUT2D eigenvalue weighted by Gasteiger charge is -2.53. The van der Waals surface area contributed by atoms with Crippen molar-refractivity contribution in [1.82, 2.24) is 5.32 Å². The Balaban J connectivity index is 1.64. The molecule has 0 radical (unpaired) electrons. The van der Waals surface area contributed by atoms with Gasteiger partial charge in [0, 0.05) is 6.54 Å². The van der Waals surface area contributed by atoms with Crippen LogP contribution in [0.2, 0.25) is 0 Å². The Morgan fingerprint density at radius 3 is 2.61 bits per heavy atom. The van der Waals surface area contributed by atoms with Gasteiger partial charge in [-0.1, -0.05) is 12.1 Å². The maximum absolute atomic E-state index is 14.8. The predicted octanol–water partition coefficient (Wildman–Crippen LogP) is 3.02. The van der Waals surface area contributed by atoms with Gasteiger partial charge in [-0.2, -0.15) is 0 Å². The standard InChI is InChI=1S/C23H22FN3O4/c1-31-16-10-8-15(9-11-16)27-21(29)23(20(28)25-22(27)30)13-14-5-4-6-17(24)19(14)26-12-3-2-7-18(23)26/h4-6,8-11,18H,2-3,7,12-13H2,1H3,(H,25,28,30). The van der Waals surface area contributed by atoms with E-state index >= 15 is 0 Å². The number of imide groups is 2. The molecular weight excluding hydrogens is 401 g/mol. The molecule has 0 aliphatic carbocycles. The number of carbonyl (C=O) groups excluding carboxylic acids is 3. The van der Waals surface area contributed by atoms with Crippen molar-refractivity contribution in [3.8, 4) is 5.75 Å². The van der Waals surface area contributed by atoms with Crippen LogP contribution < -0.4 is 19.9 Å². The molecule has 2 fully saturated rings. The molecule has 2 atom stereocenters. The molecule has 0 aromatic heterocycles. The smallest absolute Gasteiger partial charge is 0.335 e. The first-order valence-corrected chi connectivity index (χ1v) is 10.4. The molecule has 3 heterocycles. The molecule has 0 saturated carbocycles. The molecule has 1 spiro atoms. The van der Waals surface area contributed by atoms with Crippen LogP contribution in [-0.4, -0.2) is 37.5 Å². The average molecular weight is 423 g/mol. The number of fused-ring (bicyclic) bond motifs is 4. The lowest BCUT2D eigenvalue weighted by Crippen LogP contribution is -2.73. The zero-order valence-electron chi connectivity index (χ0n) is 17.1. The van der Waals surface area contributed by atoms with Crippen molar-refractivity contribution in [2.24, 2.45) is 5.41 Å². The minimum atomic E-state index is -1.50. The summed E-state index contributed by atoms with van der Waals surface area (Å²) in [5.41, 5.74) is -0.0886. The van der Waals surface area contributed by atoms with Crippen molar-refractivity contribution >= 4 is 29.2 Å². The number of urea groups is 1. The first kappa shape index (κ1) is 19.5. The number of rotatable bonds is 2. The van der Waals surface area contributed by atoms with Crippen molar-refractivity contribution < 1.29 is 23.5 Å². The van der Waals surface area contributed by atoms with Gasteiger partial charge >= 0.3 is 6.03 Å². The number of carbonyl (C=O) groups is 3. The number of benzene rings is 2. The number of piperidine rings is 1. The van der Waals surface area contributed by atoms with E-state index in [2.05, 4.69) is 5.32 Å². The first-order chi connectivity index (χ1) is 15.0. The third-order valence-corrected chi connectivity index (χ3v) is 6.64. The molecule has 31 heavy (non-hydrogen) atoms. The van der Waals surface area contributed by atoms with E-state index in [1.54, 1.807) is 36.4 Å². The van der Waals surface area contributed by atoms with Crippen LogP contribution in [0.5, 0.6) is 5.75 Å². The van der Waals surface area contributed by atoms with Gasteiger partial charge < -0.3 is 9.64 Å².